The van der Waals surface area contributed by atoms with Gasteiger partial charge in [0.25, 0.3) is 0 Å². The summed E-state index contributed by atoms with van der Waals surface area (Å²) >= 11 is 0. The third-order valence-corrected chi connectivity index (χ3v) is 10.8. The van der Waals surface area contributed by atoms with Crippen molar-refractivity contribution >= 4 is 40.9 Å². The molecule has 0 radical (unpaired) electrons. The van der Waals surface area contributed by atoms with Crippen LogP contribution in [0.5, 0.6) is 0 Å². The minimum absolute atomic E-state index is 0.595. The molecule has 45 heavy (non-hydrogen) atoms. The minimum atomic E-state index is -1.72. The quantitative estimate of drug-likeness (QED) is 0.110. The second-order valence-electron chi connectivity index (χ2n) is 12.8. The number of fused-ring (bicyclic) bond motifs is 3. The van der Waals surface area contributed by atoms with Crippen molar-refractivity contribution < 1.29 is 8.98 Å². The lowest BCUT2D eigenvalue weighted by Gasteiger charge is -2.21. The Morgan fingerprint density at radius 3 is 1.82 bits per heavy atom. The van der Waals surface area contributed by atoms with Crippen LogP contribution < -0.4 is 9.75 Å². The normalized spacial score (nSPS) is 11.6. The van der Waals surface area contributed by atoms with Crippen molar-refractivity contribution in [2.24, 2.45) is 7.05 Å². The Bertz CT molecular complexity index is 2250. The molecule has 7 rings (SSSR count). The van der Waals surface area contributed by atoms with Crippen molar-refractivity contribution in [2.45, 2.75) is 26.6 Å². The fraction of sp³-hybridized carbons (Fsp3) is 0.122. The van der Waals surface area contributed by atoms with Crippen LogP contribution >= 0.6 is 0 Å². The summed E-state index contributed by atoms with van der Waals surface area (Å²) in [4.78, 5) is 3.87. The van der Waals surface area contributed by atoms with Crippen LogP contribution in [0.3, 0.4) is 0 Å². The number of rotatable bonds is 5. The molecule has 218 valence electrons. The average Bonchev–Trinajstić information content (AvgIpc) is 3.43. The topological polar surface area (TPSA) is 21.4 Å². The first-order valence-corrected chi connectivity index (χ1v) is 18.9. The Kier molecular flexibility index (Phi) is 7.00. The van der Waals surface area contributed by atoms with Crippen LogP contribution in [0.2, 0.25) is 19.6 Å². The Morgan fingerprint density at radius 2 is 1.20 bits per heavy atom. The molecule has 0 bridgehead atoms. The second kappa shape index (κ2) is 11.0. The van der Waals surface area contributed by atoms with Gasteiger partial charge in [0.2, 0.25) is 5.69 Å². The minimum Gasteiger partial charge on any atom is -0.456 e. The van der Waals surface area contributed by atoms with Gasteiger partial charge in [-0.25, -0.2) is 9.41 Å². The molecule has 4 heteroatoms. The molecule has 0 fully saturated rings. The molecule has 0 saturated heterocycles. The first-order valence-electron chi connectivity index (χ1n) is 15.4. The molecular formula is C41H35N2OSi+. The van der Waals surface area contributed by atoms with E-state index in [-0.39, 0.29) is 0 Å². The van der Waals surface area contributed by atoms with Crippen molar-refractivity contribution in [1.82, 2.24) is 0 Å². The summed E-state index contributed by atoms with van der Waals surface area (Å²) in [6, 6.07) is 40.3. The summed E-state index contributed by atoms with van der Waals surface area (Å²) in [7, 11) is 0.432. The Morgan fingerprint density at radius 1 is 0.644 bits per heavy atom. The van der Waals surface area contributed by atoms with Crippen LogP contribution in [0, 0.1) is 13.5 Å². The highest BCUT2D eigenvalue weighted by atomic mass is 28.3. The Balaban J connectivity index is 1.47. The van der Waals surface area contributed by atoms with Crippen molar-refractivity contribution in [3.8, 4) is 44.6 Å². The van der Waals surface area contributed by atoms with Gasteiger partial charge in [-0.05, 0) is 40.3 Å². The number of aryl methyl sites for hydroxylation is 2. The summed E-state index contributed by atoms with van der Waals surface area (Å²) in [6.45, 7) is 17.3. The predicted octanol–water partition coefficient (Wildman–Crippen LogP) is 10.5. The molecule has 0 N–H and O–H groups in total. The number of benzene rings is 5. The van der Waals surface area contributed by atoms with Gasteiger partial charge in [-0.2, -0.15) is 0 Å². The largest absolute Gasteiger partial charge is 0.456 e. The molecule has 2 heterocycles. The molecule has 0 aliphatic rings. The SMILES string of the molecule is [C-]#[N+]c1ccc2c(oc3c(-c4cc(-c5ccc(-c6ccccc6)cc5)c([Si](C)(C)C)c[n+]4C)c(C)ccc32)c1-c1ccccc1. The maximum atomic E-state index is 7.90. The molecule has 0 aliphatic heterocycles. The number of furan rings is 1. The highest BCUT2D eigenvalue weighted by Crippen LogP contribution is 2.44. The van der Waals surface area contributed by atoms with Gasteiger partial charge in [0, 0.05) is 27.6 Å². The number of pyridine rings is 1. The lowest BCUT2D eigenvalue weighted by atomic mass is 9.96. The van der Waals surface area contributed by atoms with Crippen molar-refractivity contribution in [1.29, 1.82) is 0 Å². The van der Waals surface area contributed by atoms with Crippen LogP contribution in [0.15, 0.2) is 126 Å². The second-order valence-corrected chi connectivity index (χ2v) is 17.9. The number of hydrogen-bond acceptors (Lipinski definition) is 1. The molecule has 2 aromatic heterocycles. The first-order chi connectivity index (χ1) is 21.7. The lowest BCUT2D eigenvalue weighted by Crippen LogP contribution is -2.46. The van der Waals surface area contributed by atoms with E-state index < -0.39 is 8.07 Å². The molecule has 0 amide bonds. The number of nitrogens with zero attached hydrogens (tertiary/aromatic N) is 2. The van der Waals surface area contributed by atoms with Crippen LogP contribution in [-0.2, 0) is 7.05 Å². The summed E-state index contributed by atoms with van der Waals surface area (Å²) in [5.74, 6) is 0. The predicted molar refractivity (Wildman–Crippen MR) is 191 cm³/mol. The molecular weight excluding hydrogens is 565 g/mol. The van der Waals surface area contributed by atoms with Gasteiger partial charge in [0.15, 0.2) is 11.9 Å². The van der Waals surface area contributed by atoms with Gasteiger partial charge in [0.05, 0.1) is 20.2 Å². The van der Waals surface area contributed by atoms with Crippen LogP contribution in [0.4, 0.5) is 5.69 Å². The summed E-state index contributed by atoms with van der Waals surface area (Å²) < 4.78 is 9.13. The highest BCUT2D eigenvalue weighted by Gasteiger charge is 2.29. The van der Waals surface area contributed by atoms with Gasteiger partial charge < -0.3 is 4.42 Å². The van der Waals surface area contributed by atoms with Crippen LogP contribution in [0.25, 0.3) is 71.4 Å². The van der Waals surface area contributed by atoms with Gasteiger partial charge in [0.1, 0.15) is 18.2 Å². The van der Waals surface area contributed by atoms with E-state index in [0.29, 0.717) is 5.69 Å². The van der Waals surface area contributed by atoms with E-state index in [1.54, 1.807) is 0 Å². The van der Waals surface area contributed by atoms with E-state index in [4.69, 9.17) is 11.0 Å². The van der Waals surface area contributed by atoms with Gasteiger partial charge in [-0.1, -0.05) is 129 Å². The lowest BCUT2D eigenvalue weighted by molar-refractivity contribution is -0.659. The zero-order valence-corrected chi connectivity index (χ0v) is 27.3. The van der Waals surface area contributed by atoms with E-state index >= 15 is 0 Å². The molecule has 0 saturated carbocycles. The summed E-state index contributed by atoms with van der Waals surface area (Å²) in [6.07, 6.45) is 2.34. The number of hydrogen-bond donors (Lipinski definition) is 0. The molecule has 0 unspecified atom stereocenters. The zero-order chi connectivity index (χ0) is 31.3. The van der Waals surface area contributed by atoms with E-state index in [0.717, 1.165) is 49.9 Å². The molecule has 0 atom stereocenters. The Labute approximate surface area is 265 Å². The molecule has 7 aromatic rings. The van der Waals surface area contributed by atoms with Crippen LogP contribution in [0.1, 0.15) is 5.56 Å². The number of aromatic nitrogens is 1. The van der Waals surface area contributed by atoms with Gasteiger partial charge in [-0.15, -0.1) is 0 Å². The summed E-state index contributed by atoms with van der Waals surface area (Å²) in [5, 5.41) is 3.50. The summed E-state index contributed by atoms with van der Waals surface area (Å²) in [5.41, 5.74) is 12.3. The highest BCUT2D eigenvalue weighted by molar-refractivity contribution is 6.89. The molecule has 0 aliphatic carbocycles. The van der Waals surface area contributed by atoms with E-state index in [1.165, 1.54) is 27.4 Å². The van der Waals surface area contributed by atoms with Crippen LogP contribution in [-0.4, -0.2) is 8.07 Å². The third kappa shape index (κ3) is 4.96. The van der Waals surface area contributed by atoms with E-state index in [2.05, 4.69) is 122 Å². The zero-order valence-electron chi connectivity index (χ0n) is 26.3. The molecule has 3 nitrogen and oxygen atoms in total. The van der Waals surface area contributed by atoms with Crippen molar-refractivity contribution in [3.05, 3.63) is 138 Å². The standard InChI is InChI=1S/C41H35N2OSi/c1-27-17-22-32-33-23-24-35(42-2)39(31-15-11-8-12-16-31)41(33)44-40(32)38(27)36-25-34(37(26-43(36)3)45(4,5)6)30-20-18-29(19-21-30)28-13-9-7-10-14-28/h7-26H,1,3-6H3/q+1. The van der Waals surface area contributed by atoms with E-state index in [1.807, 2.05) is 42.5 Å². The van der Waals surface area contributed by atoms with Gasteiger partial charge >= 0.3 is 0 Å². The monoisotopic (exact) mass is 599 g/mol. The van der Waals surface area contributed by atoms with E-state index in [9.17, 15) is 0 Å². The fourth-order valence-electron chi connectivity index (χ4n) is 6.49. The van der Waals surface area contributed by atoms with Gasteiger partial charge in [-0.3, -0.25) is 0 Å². The molecule has 0 spiro atoms. The third-order valence-electron chi connectivity index (χ3n) is 8.82. The molecule has 5 aromatic carbocycles. The Hall–Kier alpha value is -5.24. The maximum Gasteiger partial charge on any atom is 0.216 e. The maximum absolute atomic E-state index is 7.90. The smallest absolute Gasteiger partial charge is 0.216 e. The van der Waals surface area contributed by atoms with Crippen molar-refractivity contribution in [2.75, 3.05) is 0 Å². The average molecular weight is 600 g/mol. The first kappa shape index (κ1) is 28.5. The fourth-order valence-corrected chi connectivity index (χ4v) is 8.10. The van der Waals surface area contributed by atoms with Crippen molar-refractivity contribution in [3.63, 3.8) is 0 Å².